The van der Waals surface area contributed by atoms with E-state index in [1.165, 1.54) is 132 Å². The monoisotopic (exact) mass is 2040 g/mol. The average molecular weight is 2050 g/mol. The minimum Gasteiger partial charge on any atom is -0.497 e. The number of halogens is 3. The number of carbonyl (C=O) groups excluding carboxylic acids is 5. The summed E-state index contributed by atoms with van der Waals surface area (Å²) in [4.78, 5) is 61.0. The van der Waals surface area contributed by atoms with Crippen molar-refractivity contribution in [2.75, 3.05) is 32.9 Å². The zero-order chi connectivity index (χ0) is 93.0. The van der Waals surface area contributed by atoms with Crippen LogP contribution in [0.5, 0.6) is 5.75 Å². The predicted octanol–water partition coefficient (Wildman–Crippen LogP) is 28.4. The summed E-state index contributed by atoms with van der Waals surface area (Å²) < 4.78 is 7.49. The topological polar surface area (TPSA) is 215 Å². The number of aldehydes is 1. The van der Waals surface area contributed by atoms with Gasteiger partial charge in [-0.3, -0.25) is 29.0 Å². The summed E-state index contributed by atoms with van der Waals surface area (Å²) in [5.41, 5.74) is 35.6. The minimum absolute atomic E-state index is 0. The fourth-order valence-electron chi connectivity index (χ4n) is 18.6. The third-order valence-corrected chi connectivity index (χ3v) is 36.6. The molecule has 17 heteroatoms. The first-order chi connectivity index (χ1) is 61.1. The zero-order valence-corrected chi connectivity index (χ0v) is 83.8. The van der Waals surface area contributed by atoms with Crippen LogP contribution in [0, 0.1) is 39.9 Å². The SMILES string of the molecule is C.CC1=C(/C=C/c2cccc(C(O)CCN)c2)C(C)(C)CCC1.CC1=C(/C=C/c2cccc(C(O)CCN3C(=O)c4ccccc4C3=O)c2)C(C)(C)CCC1.CC1=C(C=Cc2cccc(I)c2)C(C)(C)CCC1.CC1=C(CP(Br)(c2ccccc2)(c2ccccc2)c2ccccc2)C(C)(C)CCC1.COc1cccc(I)c1.N=N.O=CCCN1C(=O)c2ccccc2C1=O.[HH]. The largest absolute Gasteiger partial charge is 0.497 e. The molecule has 2 heterocycles. The molecule has 9 aromatic carbocycles. The number of nitrogens with two attached hydrogens (primary N) is 1. The van der Waals surface area contributed by atoms with Crippen molar-refractivity contribution in [3.8, 4) is 5.75 Å². The van der Waals surface area contributed by atoms with Crippen molar-refractivity contribution >= 4 is 130 Å². The molecule has 2 unspecified atom stereocenters. The van der Waals surface area contributed by atoms with Crippen LogP contribution in [-0.4, -0.2) is 82.8 Å². The number of rotatable bonds is 22. The van der Waals surface area contributed by atoms with Crippen LogP contribution in [0.25, 0.3) is 18.2 Å². The van der Waals surface area contributed by atoms with Gasteiger partial charge in [-0.25, -0.2) is 11.1 Å². The molecular formula is C112H137BrI2N5O8P. The second-order valence-electron chi connectivity index (χ2n) is 36.7. The number of carbonyl (C=O) groups is 5. The van der Waals surface area contributed by atoms with Gasteiger partial charge in [-0.15, -0.1) is 0 Å². The molecule has 129 heavy (non-hydrogen) atoms. The van der Waals surface area contributed by atoms with E-state index in [1.54, 1.807) is 72.4 Å². The summed E-state index contributed by atoms with van der Waals surface area (Å²) in [5.74, 6) is -0.266. The van der Waals surface area contributed by atoms with Crippen LogP contribution in [0.2, 0.25) is 0 Å². The van der Waals surface area contributed by atoms with Gasteiger partial charge in [0.2, 0.25) is 0 Å². The molecule has 0 saturated carbocycles. The Bertz CT molecular complexity index is 5390. The van der Waals surface area contributed by atoms with Crippen molar-refractivity contribution < 1.29 is 40.3 Å². The molecule has 13 nitrogen and oxygen atoms in total. The molecule has 2 atom stereocenters. The molecule has 0 bridgehead atoms. The second kappa shape index (κ2) is 48.8. The van der Waals surface area contributed by atoms with Crippen LogP contribution in [0.15, 0.2) is 299 Å². The Labute approximate surface area is 806 Å². The van der Waals surface area contributed by atoms with Crippen molar-refractivity contribution in [3.63, 3.8) is 0 Å². The van der Waals surface area contributed by atoms with Gasteiger partial charge in [-0.1, -0.05) is 181 Å². The number of amides is 4. The number of imide groups is 2. The maximum atomic E-state index is 12.5. The van der Waals surface area contributed by atoms with Crippen LogP contribution in [0.3, 0.4) is 0 Å². The van der Waals surface area contributed by atoms with Gasteiger partial charge in [-0.05, 0) is 271 Å². The molecule has 2 aliphatic heterocycles. The smallest absolute Gasteiger partial charge is 0.261 e. The summed E-state index contributed by atoms with van der Waals surface area (Å²) in [6.45, 7) is 28.9. The Morgan fingerprint density at radius 1 is 0.442 bits per heavy atom. The number of benzene rings is 9. The molecule has 6 aliphatic rings. The summed E-state index contributed by atoms with van der Waals surface area (Å²) in [5, 5.41) is 22.1. The molecule has 0 aromatic heterocycles. The van der Waals surface area contributed by atoms with E-state index in [1.807, 2.05) is 60.7 Å². The fourth-order valence-corrected chi connectivity index (χ4v) is 27.7. The van der Waals surface area contributed by atoms with E-state index in [-0.39, 0.29) is 68.2 Å². The van der Waals surface area contributed by atoms with Crippen LogP contribution in [0.1, 0.15) is 270 Å². The molecule has 0 saturated heterocycles. The standard InChI is InChI=1S/C28H32BrP.C28H31NO3.C20H29NO.C17H21I.C11H9NO3.C7H7IO.CH4.H2N2.H2/c1-23-14-13-21-28(2,3)27(23)22-30(29,24-15-7-4-8-16-24,25-17-9-5-10-18-25)26-19-11-6-12-20-26;1-19-8-7-16-28(2,3)24(19)14-13-20-9-6-10-21(18-20)25(30)15-17-29-26(31)22-11-4-5-12-23(22)27(29)32;1-15-6-5-12-20(2,3)18(15)10-9-16-7-4-8-17(14-16)19(22)11-13-21;1-13-6-5-11-17(2,3)16(13)10-9-14-7-4-8-15(18)12-14;13-7-3-6-12-10(14)8-4-1-2-5-9(8)11(12)15;1-9-7-4-2-3-6(8)5-7;;1-2;/h4-12,15-20H,13-14,21-22H2,1-3H3;4-6,9-14,18,25,30H,7-8,15-17H2,1-3H3;4,7-10,14,19,22H,5-6,11-13,21H2,1-3H3;4,7-10,12H,5-6,11H2,1-3H3;1-2,4-5,7H,3,6H2;2-5H,1H3;1H4;1-2H;1H/b;14-13+;10-9+;;;;;;. The summed E-state index contributed by atoms with van der Waals surface area (Å²) in [7, 11) is 1.67. The van der Waals surface area contributed by atoms with E-state index < -0.39 is 17.5 Å². The number of methoxy groups -OCH3 is 1. The Hall–Kier alpha value is -9.24. The average Bonchev–Trinajstić information content (AvgIpc) is 0.783. The van der Waals surface area contributed by atoms with Crippen molar-refractivity contribution in [2.45, 2.75) is 199 Å². The molecule has 9 aromatic rings. The molecule has 6 N–H and O–H groups in total. The number of ether oxygens (including phenoxy) is 1. The van der Waals surface area contributed by atoms with Gasteiger partial charge in [0, 0.05) is 28.1 Å². The fraction of sp³-hybridized carbons (Fsp3) is 0.348. The van der Waals surface area contributed by atoms with Gasteiger partial charge in [0.05, 0.1) is 41.6 Å². The first-order valence-corrected chi connectivity index (χ1v) is 51.4. The van der Waals surface area contributed by atoms with E-state index in [0.717, 1.165) is 45.5 Å². The van der Waals surface area contributed by atoms with Crippen LogP contribution in [-0.2, 0) is 4.79 Å². The van der Waals surface area contributed by atoms with Crippen molar-refractivity contribution in [1.29, 1.82) is 11.1 Å². The Balaban J connectivity index is 0.000000219. The Morgan fingerprint density at radius 3 is 1.10 bits per heavy atom. The quantitative estimate of drug-likeness (QED) is 0.0109. The van der Waals surface area contributed by atoms with E-state index in [0.29, 0.717) is 53.3 Å². The Kier molecular flexibility index (Phi) is 39.7. The van der Waals surface area contributed by atoms with E-state index in [2.05, 4.69) is 308 Å². The summed E-state index contributed by atoms with van der Waals surface area (Å²) >= 11 is 9.24. The first-order valence-electron chi connectivity index (χ1n) is 44.8. The third kappa shape index (κ3) is 27.2. The Morgan fingerprint density at radius 2 is 0.767 bits per heavy atom. The van der Waals surface area contributed by atoms with Crippen LogP contribution >= 0.6 is 66.0 Å². The number of allylic oxidation sites excluding steroid dienone is 11. The molecule has 0 radical (unpaired) electrons. The van der Waals surface area contributed by atoms with Gasteiger partial charge in [-0.2, -0.15) is 0 Å². The van der Waals surface area contributed by atoms with E-state index in [4.69, 9.17) is 21.5 Å². The van der Waals surface area contributed by atoms with E-state index >= 15 is 0 Å². The number of hydrogen-bond acceptors (Lipinski definition) is 11. The third-order valence-electron chi connectivity index (χ3n) is 25.7. The van der Waals surface area contributed by atoms with Gasteiger partial charge in [0.25, 0.3) is 23.6 Å². The van der Waals surface area contributed by atoms with Gasteiger partial charge < -0.3 is 25.5 Å². The number of aliphatic hydroxyl groups is 2. The van der Waals surface area contributed by atoms with Crippen molar-refractivity contribution in [3.05, 3.63) is 357 Å². The zero-order valence-electron chi connectivity index (χ0n) is 77.0. The number of aliphatic hydroxyl groups excluding tert-OH is 2. The van der Waals surface area contributed by atoms with E-state index in [9.17, 15) is 34.2 Å². The van der Waals surface area contributed by atoms with Gasteiger partial charge >= 0.3 is 190 Å². The normalized spacial score (nSPS) is 17.3. The molecule has 15 rings (SSSR count). The molecule has 684 valence electrons. The summed E-state index contributed by atoms with van der Waals surface area (Å²) in [6, 6.07) is 79.6. The number of hydrogen-bond donors (Lipinski definition) is 5. The molecule has 0 fully saturated rings. The van der Waals surface area contributed by atoms with Crippen LogP contribution in [0.4, 0.5) is 0 Å². The van der Waals surface area contributed by atoms with Gasteiger partial charge in [0.1, 0.15) is 12.0 Å². The maximum Gasteiger partial charge on any atom is 0.261 e. The molecule has 4 amide bonds. The summed E-state index contributed by atoms with van der Waals surface area (Å²) in [6.07, 6.45) is 30.0. The molecular weight excluding hydrogens is 1910 g/mol. The van der Waals surface area contributed by atoms with Crippen molar-refractivity contribution in [1.82, 2.24) is 9.80 Å². The van der Waals surface area contributed by atoms with Gasteiger partial charge in [0.15, 0.2) is 0 Å². The molecule has 4 aliphatic carbocycles. The first kappa shape index (κ1) is 105. The maximum absolute atomic E-state index is 12.5. The van der Waals surface area contributed by atoms with Crippen LogP contribution < -0.4 is 26.4 Å². The van der Waals surface area contributed by atoms with Crippen molar-refractivity contribution in [2.24, 2.45) is 27.4 Å². The molecule has 0 spiro atoms. The number of fused-ring (bicyclic) bond motifs is 2. The second-order valence-corrected chi connectivity index (χ2v) is 48.1. The number of nitrogens with zero attached hydrogens (tertiary/aromatic N) is 2. The minimum atomic E-state index is -2.91. The number of nitrogens with one attached hydrogen (secondary N) is 2. The predicted molar refractivity (Wildman–Crippen MR) is 562 cm³/mol.